The van der Waals surface area contributed by atoms with E-state index in [1.165, 1.54) is 11.8 Å². The normalized spacial score (nSPS) is 11.5. The molecule has 1 unspecified atom stereocenters. The Bertz CT molecular complexity index is 502. The average molecular weight is 292 g/mol. The van der Waals surface area contributed by atoms with E-state index in [4.69, 9.17) is 5.11 Å². The number of nitrogens with one attached hydrogen (secondary N) is 1. The van der Waals surface area contributed by atoms with Gasteiger partial charge in [0.25, 0.3) is 5.91 Å². The summed E-state index contributed by atoms with van der Waals surface area (Å²) in [5.41, 5.74) is 0.498. The summed E-state index contributed by atoms with van der Waals surface area (Å²) in [4.78, 5) is 35.7. The van der Waals surface area contributed by atoms with Crippen molar-refractivity contribution in [3.8, 4) is 0 Å². The Morgan fingerprint density at radius 3 is 2.38 bits per heavy atom. The van der Waals surface area contributed by atoms with E-state index in [0.717, 1.165) is 0 Å². The molecule has 21 heavy (non-hydrogen) atoms. The average Bonchev–Trinajstić information content (AvgIpc) is 2.45. The molecule has 0 aromatic heterocycles. The molecule has 0 saturated carbocycles. The van der Waals surface area contributed by atoms with Crippen LogP contribution in [-0.4, -0.2) is 47.4 Å². The number of hydrogen-bond donors (Lipinski definition) is 2. The zero-order valence-corrected chi connectivity index (χ0v) is 12.2. The number of carbonyl (C=O) groups is 3. The second-order valence-corrected chi connectivity index (χ2v) is 4.84. The van der Waals surface area contributed by atoms with E-state index in [2.05, 4.69) is 5.32 Å². The molecule has 2 N–H and O–H groups in total. The summed E-state index contributed by atoms with van der Waals surface area (Å²) in [6.45, 7) is 3.60. The molecule has 0 aliphatic carbocycles. The first-order valence-electron chi connectivity index (χ1n) is 6.73. The number of amides is 2. The van der Waals surface area contributed by atoms with Crippen LogP contribution in [-0.2, 0) is 9.59 Å². The Balaban J connectivity index is 2.77. The number of nitrogens with zero attached hydrogens (tertiary/aromatic N) is 1. The Morgan fingerprint density at radius 2 is 1.86 bits per heavy atom. The van der Waals surface area contributed by atoms with Gasteiger partial charge in [0.15, 0.2) is 0 Å². The molecule has 6 heteroatoms. The van der Waals surface area contributed by atoms with E-state index in [0.29, 0.717) is 12.1 Å². The molecular formula is C15H20N2O4. The van der Waals surface area contributed by atoms with Crippen LogP contribution in [0.25, 0.3) is 0 Å². The van der Waals surface area contributed by atoms with Crippen LogP contribution >= 0.6 is 0 Å². The molecule has 0 spiro atoms. The molecule has 0 radical (unpaired) electrons. The Labute approximate surface area is 123 Å². The summed E-state index contributed by atoms with van der Waals surface area (Å²) in [6.07, 6.45) is 0. The maximum absolute atomic E-state index is 12.4. The quantitative estimate of drug-likeness (QED) is 0.784. The summed E-state index contributed by atoms with van der Waals surface area (Å²) >= 11 is 0. The van der Waals surface area contributed by atoms with Crippen molar-refractivity contribution in [3.05, 3.63) is 35.9 Å². The third-order valence-electron chi connectivity index (χ3n) is 2.98. The first-order valence-corrected chi connectivity index (χ1v) is 6.73. The highest BCUT2D eigenvalue weighted by molar-refractivity contribution is 5.94. The van der Waals surface area contributed by atoms with E-state index < -0.39 is 11.9 Å². The predicted molar refractivity (Wildman–Crippen MR) is 77.8 cm³/mol. The van der Waals surface area contributed by atoms with Crippen LogP contribution in [0.1, 0.15) is 24.2 Å². The first-order chi connectivity index (χ1) is 9.91. The third kappa shape index (κ3) is 5.64. The summed E-state index contributed by atoms with van der Waals surface area (Å²) < 4.78 is 0. The fourth-order valence-corrected chi connectivity index (χ4v) is 1.81. The molecule has 0 bridgehead atoms. The third-order valence-corrected chi connectivity index (χ3v) is 2.98. The van der Waals surface area contributed by atoms with Gasteiger partial charge in [0, 0.05) is 32.1 Å². The number of aliphatic carboxylic acids is 1. The maximum atomic E-state index is 12.4. The maximum Gasteiger partial charge on any atom is 0.308 e. The van der Waals surface area contributed by atoms with E-state index in [1.807, 2.05) is 0 Å². The van der Waals surface area contributed by atoms with Crippen LogP contribution in [0.15, 0.2) is 30.3 Å². The fraction of sp³-hybridized carbons (Fsp3) is 0.400. The highest BCUT2D eigenvalue weighted by Crippen LogP contribution is 2.08. The van der Waals surface area contributed by atoms with E-state index in [-0.39, 0.29) is 24.9 Å². The predicted octanol–water partition coefficient (Wildman–Crippen LogP) is 0.986. The lowest BCUT2D eigenvalue weighted by Crippen LogP contribution is -2.41. The molecular weight excluding hydrogens is 272 g/mol. The second-order valence-electron chi connectivity index (χ2n) is 4.84. The zero-order chi connectivity index (χ0) is 15.8. The summed E-state index contributed by atoms with van der Waals surface area (Å²) in [5, 5.41) is 11.6. The number of carbonyl (C=O) groups excluding carboxylic acids is 2. The molecule has 6 nitrogen and oxygen atoms in total. The minimum atomic E-state index is -0.958. The molecule has 2 amide bonds. The second kappa shape index (κ2) is 8.04. The van der Waals surface area contributed by atoms with Crippen molar-refractivity contribution in [3.63, 3.8) is 0 Å². The highest BCUT2D eigenvalue weighted by Gasteiger charge is 2.21. The SMILES string of the molecule is CC(=O)NCCN(CC(C)C(=O)O)C(=O)c1ccccc1. The van der Waals surface area contributed by atoms with E-state index in [9.17, 15) is 14.4 Å². The lowest BCUT2D eigenvalue weighted by atomic mass is 10.1. The topological polar surface area (TPSA) is 86.7 Å². The Morgan fingerprint density at radius 1 is 1.24 bits per heavy atom. The van der Waals surface area contributed by atoms with Gasteiger partial charge in [-0.15, -0.1) is 0 Å². The van der Waals surface area contributed by atoms with Crippen LogP contribution in [0.3, 0.4) is 0 Å². The van der Waals surface area contributed by atoms with Gasteiger partial charge in [-0.1, -0.05) is 25.1 Å². The molecule has 114 valence electrons. The van der Waals surface area contributed by atoms with E-state index >= 15 is 0 Å². The minimum Gasteiger partial charge on any atom is -0.481 e. The number of carboxylic acid groups (broad SMARTS) is 1. The smallest absolute Gasteiger partial charge is 0.308 e. The first kappa shape index (κ1) is 16.7. The van der Waals surface area contributed by atoms with Crippen molar-refractivity contribution in [2.75, 3.05) is 19.6 Å². The molecule has 0 heterocycles. The Kier molecular flexibility index (Phi) is 6.39. The molecule has 0 aliphatic heterocycles. The van der Waals surface area contributed by atoms with Gasteiger partial charge < -0.3 is 15.3 Å². The van der Waals surface area contributed by atoms with Crippen molar-refractivity contribution in [2.24, 2.45) is 5.92 Å². The van der Waals surface area contributed by atoms with Crippen LogP contribution in [0.2, 0.25) is 0 Å². The van der Waals surface area contributed by atoms with Crippen LogP contribution in [0.5, 0.6) is 0 Å². The van der Waals surface area contributed by atoms with Gasteiger partial charge in [-0.05, 0) is 12.1 Å². The van der Waals surface area contributed by atoms with Gasteiger partial charge in [0.1, 0.15) is 0 Å². The molecule has 1 rings (SSSR count). The standard InChI is InChI=1S/C15H20N2O4/c1-11(15(20)21)10-17(9-8-16-12(2)18)14(19)13-6-4-3-5-7-13/h3-7,11H,8-10H2,1-2H3,(H,16,18)(H,20,21). The molecule has 1 aromatic carbocycles. The van der Waals surface area contributed by atoms with Crippen molar-refractivity contribution in [1.29, 1.82) is 0 Å². The molecule has 1 aromatic rings. The molecule has 0 fully saturated rings. The van der Waals surface area contributed by atoms with Gasteiger partial charge in [-0.2, -0.15) is 0 Å². The van der Waals surface area contributed by atoms with Gasteiger partial charge in [0.2, 0.25) is 5.91 Å². The van der Waals surface area contributed by atoms with Crippen molar-refractivity contribution in [2.45, 2.75) is 13.8 Å². The molecule has 0 saturated heterocycles. The number of hydrogen-bond acceptors (Lipinski definition) is 3. The Hall–Kier alpha value is -2.37. The number of rotatable bonds is 7. The van der Waals surface area contributed by atoms with Crippen molar-refractivity contribution < 1.29 is 19.5 Å². The summed E-state index contributed by atoms with van der Waals surface area (Å²) in [6, 6.07) is 8.66. The fourth-order valence-electron chi connectivity index (χ4n) is 1.81. The van der Waals surface area contributed by atoms with Crippen LogP contribution in [0, 0.1) is 5.92 Å². The largest absolute Gasteiger partial charge is 0.481 e. The lowest BCUT2D eigenvalue weighted by Gasteiger charge is -2.24. The van der Waals surface area contributed by atoms with Crippen LogP contribution in [0.4, 0.5) is 0 Å². The monoisotopic (exact) mass is 292 g/mol. The minimum absolute atomic E-state index is 0.0998. The van der Waals surface area contributed by atoms with E-state index in [1.54, 1.807) is 37.3 Å². The summed E-state index contributed by atoms with van der Waals surface area (Å²) in [5.74, 6) is -2.06. The zero-order valence-electron chi connectivity index (χ0n) is 12.2. The van der Waals surface area contributed by atoms with Crippen LogP contribution < -0.4 is 5.32 Å². The van der Waals surface area contributed by atoms with Crippen molar-refractivity contribution >= 4 is 17.8 Å². The molecule has 0 aliphatic rings. The number of benzene rings is 1. The van der Waals surface area contributed by atoms with Gasteiger partial charge >= 0.3 is 5.97 Å². The van der Waals surface area contributed by atoms with Gasteiger partial charge in [-0.3, -0.25) is 14.4 Å². The van der Waals surface area contributed by atoms with Gasteiger partial charge in [-0.25, -0.2) is 0 Å². The molecule has 1 atom stereocenters. The van der Waals surface area contributed by atoms with Crippen molar-refractivity contribution in [1.82, 2.24) is 10.2 Å². The van der Waals surface area contributed by atoms with Gasteiger partial charge in [0.05, 0.1) is 5.92 Å². The summed E-state index contributed by atoms with van der Waals surface area (Å²) in [7, 11) is 0. The lowest BCUT2D eigenvalue weighted by molar-refractivity contribution is -0.141. The number of carboxylic acids is 1. The highest BCUT2D eigenvalue weighted by atomic mass is 16.4.